The second-order valence-electron chi connectivity index (χ2n) is 7.70. The number of carbonyl (C=O) groups is 2. The fourth-order valence-corrected chi connectivity index (χ4v) is 4.87. The fraction of sp³-hybridized carbons (Fsp3) is 0.167. The average Bonchev–Trinajstić information content (AvgIpc) is 3.39. The number of carbonyl (C=O) groups excluding carboxylic acids is 2. The molecule has 160 valence electrons. The van der Waals surface area contributed by atoms with Crippen LogP contribution in [-0.4, -0.2) is 28.3 Å². The van der Waals surface area contributed by atoms with E-state index in [0.29, 0.717) is 11.4 Å². The van der Waals surface area contributed by atoms with Crippen molar-refractivity contribution in [1.82, 2.24) is 9.97 Å². The summed E-state index contributed by atoms with van der Waals surface area (Å²) in [5.74, 6) is -1.21. The van der Waals surface area contributed by atoms with Gasteiger partial charge in [-0.15, -0.1) is 0 Å². The van der Waals surface area contributed by atoms with Gasteiger partial charge >= 0.3 is 0 Å². The molecule has 1 aliphatic rings. The molecule has 0 aliphatic carbocycles. The molecule has 1 N–H and O–H groups in total. The third-order valence-electron chi connectivity index (χ3n) is 5.62. The van der Waals surface area contributed by atoms with Crippen LogP contribution < -0.4 is 10.2 Å². The molecule has 1 unspecified atom stereocenters. The lowest BCUT2D eigenvalue weighted by molar-refractivity contribution is -0.122. The topological polar surface area (TPSA) is 75.2 Å². The molecular formula is C24H19FN4O2S. The predicted octanol–water partition coefficient (Wildman–Crippen LogP) is 4.80. The number of nitrogens with one attached hydrogen (secondary N) is 1. The number of fused-ring (bicyclic) bond motifs is 1. The minimum absolute atomic E-state index is 0.117. The van der Waals surface area contributed by atoms with Crippen LogP contribution in [0.15, 0.2) is 60.8 Å². The second kappa shape index (κ2) is 8.12. The first-order valence-corrected chi connectivity index (χ1v) is 11.0. The molecule has 0 spiro atoms. The summed E-state index contributed by atoms with van der Waals surface area (Å²) < 4.78 is 13.2. The Morgan fingerprint density at radius 3 is 2.75 bits per heavy atom. The van der Waals surface area contributed by atoms with E-state index in [1.165, 1.54) is 28.4 Å². The molecule has 1 fully saturated rings. The number of anilines is 2. The summed E-state index contributed by atoms with van der Waals surface area (Å²) in [5, 5.41) is 3.82. The molecular weight excluding hydrogens is 427 g/mol. The molecule has 6 nitrogen and oxygen atoms in total. The van der Waals surface area contributed by atoms with Crippen LogP contribution in [0.5, 0.6) is 0 Å². The van der Waals surface area contributed by atoms with Gasteiger partial charge in [0.15, 0.2) is 0 Å². The van der Waals surface area contributed by atoms with Gasteiger partial charge in [-0.05, 0) is 55.0 Å². The molecule has 2 aromatic heterocycles. The molecule has 0 radical (unpaired) electrons. The highest BCUT2D eigenvalue weighted by molar-refractivity contribution is 7.21. The highest BCUT2D eigenvalue weighted by Crippen LogP contribution is 2.34. The van der Waals surface area contributed by atoms with E-state index in [0.717, 1.165) is 26.5 Å². The Kier molecular flexibility index (Phi) is 5.14. The van der Waals surface area contributed by atoms with Crippen molar-refractivity contribution in [3.05, 3.63) is 72.2 Å². The van der Waals surface area contributed by atoms with Gasteiger partial charge in [0, 0.05) is 36.1 Å². The Balaban J connectivity index is 1.35. The molecule has 3 heterocycles. The Morgan fingerprint density at radius 2 is 1.97 bits per heavy atom. The minimum Gasteiger partial charge on any atom is -0.326 e. The zero-order chi connectivity index (χ0) is 22.2. The Hall–Kier alpha value is -3.65. The molecule has 32 heavy (non-hydrogen) atoms. The third-order valence-corrected chi connectivity index (χ3v) is 6.64. The number of nitrogens with zero attached hydrogens (tertiary/aromatic N) is 3. The van der Waals surface area contributed by atoms with Crippen molar-refractivity contribution < 1.29 is 14.0 Å². The predicted molar refractivity (Wildman–Crippen MR) is 123 cm³/mol. The average molecular weight is 447 g/mol. The number of rotatable bonds is 4. The van der Waals surface area contributed by atoms with Crippen LogP contribution in [-0.2, 0) is 9.59 Å². The van der Waals surface area contributed by atoms with E-state index in [1.54, 1.807) is 18.3 Å². The lowest BCUT2D eigenvalue weighted by Gasteiger charge is -2.17. The van der Waals surface area contributed by atoms with Crippen molar-refractivity contribution in [2.75, 3.05) is 16.8 Å². The van der Waals surface area contributed by atoms with Gasteiger partial charge in [0.1, 0.15) is 21.2 Å². The second-order valence-corrected chi connectivity index (χ2v) is 8.67. The van der Waals surface area contributed by atoms with Crippen molar-refractivity contribution in [2.45, 2.75) is 13.3 Å². The molecule has 0 saturated carbocycles. The molecule has 1 aliphatic heterocycles. The van der Waals surface area contributed by atoms with Crippen molar-refractivity contribution in [3.8, 4) is 10.6 Å². The molecule has 1 atom stereocenters. The van der Waals surface area contributed by atoms with Gasteiger partial charge in [-0.1, -0.05) is 23.5 Å². The number of hydrogen-bond acceptors (Lipinski definition) is 5. The van der Waals surface area contributed by atoms with Gasteiger partial charge in [0.05, 0.1) is 5.92 Å². The Morgan fingerprint density at radius 1 is 1.16 bits per heavy atom. The van der Waals surface area contributed by atoms with Crippen LogP contribution in [0.1, 0.15) is 12.0 Å². The molecule has 2 amide bonds. The quantitative estimate of drug-likeness (QED) is 0.489. The van der Waals surface area contributed by atoms with Crippen molar-refractivity contribution >= 4 is 44.9 Å². The summed E-state index contributed by atoms with van der Waals surface area (Å²) in [6, 6.07) is 15.2. The van der Waals surface area contributed by atoms with Crippen molar-refractivity contribution in [3.63, 3.8) is 0 Å². The fourth-order valence-electron chi connectivity index (χ4n) is 3.88. The van der Waals surface area contributed by atoms with Gasteiger partial charge in [-0.25, -0.2) is 14.4 Å². The smallest absolute Gasteiger partial charge is 0.229 e. The monoisotopic (exact) mass is 446 g/mol. The Bertz CT molecular complexity index is 1300. The Labute approximate surface area is 187 Å². The number of benzene rings is 2. The minimum atomic E-state index is -0.484. The maximum Gasteiger partial charge on any atom is 0.229 e. The molecule has 0 bridgehead atoms. The van der Waals surface area contributed by atoms with Gasteiger partial charge in [-0.3, -0.25) is 9.59 Å². The summed E-state index contributed by atoms with van der Waals surface area (Å²) in [4.78, 5) is 36.8. The maximum atomic E-state index is 13.2. The number of hydrogen-bond donors (Lipinski definition) is 1. The van der Waals surface area contributed by atoms with E-state index >= 15 is 0 Å². The first kappa shape index (κ1) is 20.3. The third kappa shape index (κ3) is 3.73. The van der Waals surface area contributed by atoms with Crippen molar-refractivity contribution in [2.24, 2.45) is 5.92 Å². The van der Waals surface area contributed by atoms with Gasteiger partial charge in [0.2, 0.25) is 11.8 Å². The first-order valence-electron chi connectivity index (χ1n) is 10.2. The summed E-state index contributed by atoms with van der Waals surface area (Å²) in [6.45, 7) is 2.20. The molecule has 1 saturated heterocycles. The number of amides is 2. The molecule has 2 aromatic carbocycles. The van der Waals surface area contributed by atoms with E-state index in [-0.39, 0.29) is 30.6 Å². The molecule has 8 heteroatoms. The van der Waals surface area contributed by atoms with E-state index in [1.807, 2.05) is 37.3 Å². The SMILES string of the molecule is Cc1c(NC(=O)C2CC(=O)N(c3ccc(F)cc3)C2)cccc1-c1nc2cccnc2s1. The lowest BCUT2D eigenvalue weighted by Crippen LogP contribution is -2.28. The van der Waals surface area contributed by atoms with Gasteiger partial charge in [0.25, 0.3) is 0 Å². The first-order chi connectivity index (χ1) is 15.5. The number of halogens is 1. The normalized spacial score (nSPS) is 16.0. The molecule has 5 rings (SSSR count). The van der Waals surface area contributed by atoms with Crippen LogP contribution in [0.25, 0.3) is 20.9 Å². The lowest BCUT2D eigenvalue weighted by atomic mass is 10.0. The van der Waals surface area contributed by atoms with Crippen LogP contribution in [0.3, 0.4) is 0 Å². The largest absolute Gasteiger partial charge is 0.326 e. The van der Waals surface area contributed by atoms with Crippen LogP contribution in [0.4, 0.5) is 15.8 Å². The van der Waals surface area contributed by atoms with Crippen LogP contribution >= 0.6 is 11.3 Å². The molecule has 4 aromatic rings. The van der Waals surface area contributed by atoms with Gasteiger partial charge < -0.3 is 10.2 Å². The zero-order valence-corrected chi connectivity index (χ0v) is 18.0. The summed E-state index contributed by atoms with van der Waals surface area (Å²) in [6.07, 6.45) is 1.86. The summed E-state index contributed by atoms with van der Waals surface area (Å²) in [5.41, 5.74) is 3.95. The van der Waals surface area contributed by atoms with E-state index in [2.05, 4.69) is 15.3 Å². The highest BCUT2D eigenvalue weighted by Gasteiger charge is 2.35. The van der Waals surface area contributed by atoms with Crippen LogP contribution in [0.2, 0.25) is 0 Å². The maximum absolute atomic E-state index is 13.2. The van der Waals surface area contributed by atoms with Crippen LogP contribution in [0, 0.1) is 18.7 Å². The number of aromatic nitrogens is 2. The van der Waals surface area contributed by atoms with E-state index in [9.17, 15) is 14.0 Å². The van der Waals surface area contributed by atoms with Gasteiger partial charge in [-0.2, -0.15) is 0 Å². The highest BCUT2D eigenvalue weighted by atomic mass is 32.1. The van der Waals surface area contributed by atoms with E-state index in [4.69, 9.17) is 0 Å². The number of thiazole rings is 1. The zero-order valence-electron chi connectivity index (χ0n) is 17.2. The number of pyridine rings is 1. The van der Waals surface area contributed by atoms with E-state index < -0.39 is 5.92 Å². The summed E-state index contributed by atoms with van der Waals surface area (Å²) in [7, 11) is 0. The van der Waals surface area contributed by atoms with Crippen molar-refractivity contribution in [1.29, 1.82) is 0 Å². The summed E-state index contributed by atoms with van der Waals surface area (Å²) >= 11 is 1.50. The standard InChI is InChI=1S/C24H19FN4O2S/c1-14-18(23-28-20-6-3-11-26-24(20)32-23)4-2-5-19(14)27-22(31)15-12-21(30)29(13-15)17-9-7-16(25)8-10-17/h2-11,15H,12-13H2,1H3,(H,27,31).